The third kappa shape index (κ3) is 3.35. The van der Waals surface area contributed by atoms with Crippen LogP contribution in [0.1, 0.15) is 29.8 Å². The number of hydrogen-bond acceptors (Lipinski definition) is 3. The van der Waals surface area contributed by atoms with Crippen molar-refractivity contribution in [2.24, 2.45) is 0 Å². The van der Waals surface area contributed by atoms with Crippen molar-refractivity contribution in [2.75, 3.05) is 19.7 Å². The Morgan fingerprint density at radius 3 is 2.84 bits per heavy atom. The predicted octanol–water partition coefficient (Wildman–Crippen LogP) is 2.94. The first-order valence-electron chi connectivity index (χ1n) is 6.65. The summed E-state index contributed by atoms with van der Waals surface area (Å²) in [6.07, 6.45) is -0.380. The number of carbonyl (C=O) groups excluding carboxylic acids is 1. The van der Waals surface area contributed by atoms with Crippen molar-refractivity contribution >= 4 is 17.4 Å². The van der Waals surface area contributed by atoms with E-state index in [9.17, 15) is 4.79 Å². The molecule has 1 unspecified atom stereocenters. The molecule has 1 heterocycles. The van der Waals surface area contributed by atoms with Crippen LogP contribution in [0.3, 0.4) is 0 Å². The molecule has 1 aliphatic heterocycles. The van der Waals surface area contributed by atoms with Gasteiger partial charge in [-0.15, -0.1) is 0 Å². The fraction of sp³-hybridized carbons (Fsp3) is 0.533. The van der Waals surface area contributed by atoms with Gasteiger partial charge in [-0.25, -0.2) is 0 Å². The second-order valence-electron chi connectivity index (χ2n) is 5.28. The van der Waals surface area contributed by atoms with Crippen molar-refractivity contribution in [1.29, 1.82) is 0 Å². The average Bonchev–Trinajstić information content (AvgIpc) is 2.41. The highest BCUT2D eigenvalue weighted by molar-refractivity contribution is 6.31. The van der Waals surface area contributed by atoms with Crippen molar-refractivity contribution in [3.8, 4) is 0 Å². The highest BCUT2D eigenvalue weighted by Gasteiger charge is 2.28. The van der Waals surface area contributed by atoms with Gasteiger partial charge >= 0.3 is 0 Å². The van der Waals surface area contributed by atoms with Gasteiger partial charge in [0.2, 0.25) is 0 Å². The first kappa shape index (κ1) is 14.5. The third-order valence-corrected chi connectivity index (χ3v) is 3.98. The number of morpholine rings is 1. The molecule has 1 aromatic rings. The van der Waals surface area contributed by atoms with Crippen LogP contribution in [0.4, 0.5) is 0 Å². The SMILES string of the molecule is Cc1ccc(C(=O)C2CN(C(C)C)CCO2)cc1Cl. The Morgan fingerprint density at radius 1 is 1.47 bits per heavy atom. The fourth-order valence-corrected chi connectivity index (χ4v) is 2.41. The van der Waals surface area contributed by atoms with E-state index in [2.05, 4.69) is 18.7 Å². The molecule has 1 aliphatic rings. The quantitative estimate of drug-likeness (QED) is 0.798. The maximum atomic E-state index is 12.4. The van der Waals surface area contributed by atoms with Crippen LogP contribution < -0.4 is 0 Å². The summed E-state index contributed by atoms with van der Waals surface area (Å²) in [4.78, 5) is 14.7. The van der Waals surface area contributed by atoms with E-state index < -0.39 is 0 Å². The Kier molecular flexibility index (Phi) is 4.61. The van der Waals surface area contributed by atoms with Crippen molar-refractivity contribution in [3.63, 3.8) is 0 Å². The summed E-state index contributed by atoms with van der Waals surface area (Å²) in [5.74, 6) is 0.0206. The van der Waals surface area contributed by atoms with Gasteiger partial charge in [0.1, 0.15) is 6.10 Å². The molecule has 0 bridgehead atoms. The maximum Gasteiger partial charge on any atom is 0.192 e. The van der Waals surface area contributed by atoms with E-state index in [0.717, 1.165) is 12.1 Å². The molecule has 0 saturated carbocycles. The number of halogens is 1. The van der Waals surface area contributed by atoms with E-state index in [1.165, 1.54) is 0 Å². The van der Waals surface area contributed by atoms with Crippen LogP contribution in [0.15, 0.2) is 18.2 Å². The largest absolute Gasteiger partial charge is 0.367 e. The van der Waals surface area contributed by atoms with Crippen molar-refractivity contribution in [2.45, 2.75) is 32.9 Å². The number of Topliss-reactive ketones (excluding diaryl/α,β-unsaturated/α-hetero) is 1. The minimum atomic E-state index is -0.380. The average molecular weight is 282 g/mol. The Labute approximate surface area is 119 Å². The highest BCUT2D eigenvalue weighted by atomic mass is 35.5. The van der Waals surface area contributed by atoms with Crippen LogP contribution >= 0.6 is 11.6 Å². The molecule has 0 aliphatic carbocycles. The molecule has 104 valence electrons. The summed E-state index contributed by atoms with van der Waals surface area (Å²) in [6, 6.07) is 5.86. The zero-order valence-corrected chi connectivity index (χ0v) is 12.4. The van der Waals surface area contributed by atoms with Crippen LogP contribution in [0.2, 0.25) is 5.02 Å². The number of ketones is 1. The van der Waals surface area contributed by atoms with Gasteiger partial charge in [0.05, 0.1) is 6.61 Å². The zero-order valence-electron chi connectivity index (χ0n) is 11.6. The molecule has 1 saturated heterocycles. The van der Waals surface area contributed by atoms with E-state index in [-0.39, 0.29) is 11.9 Å². The van der Waals surface area contributed by atoms with Crippen LogP contribution in [-0.4, -0.2) is 42.5 Å². The fourth-order valence-electron chi connectivity index (χ4n) is 2.23. The summed E-state index contributed by atoms with van der Waals surface area (Å²) < 4.78 is 5.61. The summed E-state index contributed by atoms with van der Waals surface area (Å²) in [5.41, 5.74) is 1.61. The lowest BCUT2D eigenvalue weighted by Gasteiger charge is -2.34. The predicted molar refractivity (Wildman–Crippen MR) is 77.0 cm³/mol. The number of aryl methyl sites for hydroxylation is 1. The summed E-state index contributed by atoms with van der Waals surface area (Å²) in [6.45, 7) is 8.34. The minimum Gasteiger partial charge on any atom is -0.367 e. The standard InChI is InChI=1S/C15H20ClNO2/c1-10(2)17-6-7-19-14(9-17)15(18)12-5-4-11(3)13(16)8-12/h4-5,8,10,14H,6-7,9H2,1-3H3. The topological polar surface area (TPSA) is 29.5 Å². The van der Waals surface area contributed by atoms with Gasteiger partial charge in [-0.05, 0) is 32.4 Å². The lowest BCUT2D eigenvalue weighted by molar-refractivity contribution is -0.0256. The number of carbonyl (C=O) groups is 1. The molecule has 0 radical (unpaired) electrons. The van der Waals surface area contributed by atoms with Gasteiger partial charge < -0.3 is 4.74 Å². The van der Waals surface area contributed by atoms with Gasteiger partial charge in [0.25, 0.3) is 0 Å². The lowest BCUT2D eigenvalue weighted by Crippen LogP contribution is -2.48. The van der Waals surface area contributed by atoms with E-state index in [0.29, 0.717) is 29.8 Å². The Balaban J connectivity index is 2.12. The van der Waals surface area contributed by atoms with Crippen LogP contribution in [0.25, 0.3) is 0 Å². The van der Waals surface area contributed by atoms with E-state index in [1.807, 2.05) is 19.1 Å². The number of benzene rings is 1. The minimum absolute atomic E-state index is 0.0206. The molecule has 0 aromatic heterocycles. The summed E-state index contributed by atoms with van der Waals surface area (Å²) in [7, 11) is 0. The molecule has 1 atom stereocenters. The second kappa shape index (κ2) is 6.04. The zero-order chi connectivity index (χ0) is 14.0. The smallest absolute Gasteiger partial charge is 0.192 e. The van der Waals surface area contributed by atoms with Gasteiger partial charge in [0.15, 0.2) is 5.78 Å². The van der Waals surface area contributed by atoms with E-state index >= 15 is 0 Å². The lowest BCUT2D eigenvalue weighted by atomic mass is 10.0. The summed E-state index contributed by atoms with van der Waals surface area (Å²) in [5, 5.41) is 0.627. The molecule has 0 amide bonds. The Hall–Kier alpha value is -0.900. The second-order valence-corrected chi connectivity index (χ2v) is 5.68. The number of nitrogens with zero attached hydrogens (tertiary/aromatic N) is 1. The van der Waals surface area contributed by atoms with E-state index in [1.54, 1.807) is 6.07 Å². The normalized spacial score (nSPS) is 20.8. The molecule has 0 spiro atoms. The van der Waals surface area contributed by atoms with Gasteiger partial charge in [-0.2, -0.15) is 0 Å². The van der Waals surface area contributed by atoms with Gasteiger partial charge in [0, 0.05) is 29.7 Å². The summed E-state index contributed by atoms with van der Waals surface area (Å²) >= 11 is 6.07. The monoisotopic (exact) mass is 281 g/mol. The van der Waals surface area contributed by atoms with Crippen molar-refractivity contribution < 1.29 is 9.53 Å². The molecule has 0 N–H and O–H groups in total. The molecule has 3 nitrogen and oxygen atoms in total. The third-order valence-electron chi connectivity index (χ3n) is 3.58. The van der Waals surface area contributed by atoms with Crippen molar-refractivity contribution in [3.05, 3.63) is 34.3 Å². The highest BCUT2D eigenvalue weighted by Crippen LogP contribution is 2.20. The molecular formula is C15H20ClNO2. The molecule has 4 heteroatoms. The molecule has 1 aromatic carbocycles. The van der Waals surface area contributed by atoms with Crippen LogP contribution in [-0.2, 0) is 4.74 Å². The van der Waals surface area contributed by atoms with Crippen molar-refractivity contribution in [1.82, 2.24) is 4.90 Å². The van der Waals surface area contributed by atoms with E-state index in [4.69, 9.17) is 16.3 Å². The first-order chi connectivity index (χ1) is 8.99. The maximum absolute atomic E-state index is 12.4. The Morgan fingerprint density at radius 2 is 2.21 bits per heavy atom. The number of rotatable bonds is 3. The molecular weight excluding hydrogens is 262 g/mol. The molecule has 1 fully saturated rings. The molecule has 19 heavy (non-hydrogen) atoms. The molecule has 2 rings (SSSR count). The van der Waals surface area contributed by atoms with Gasteiger partial charge in [-0.1, -0.05) is 23.7 Å². The number of hydrogen-bond donors (Lipinski definition) is 0. The van der Waals surface area contributed by atoms with Gasteiger partial charge in [-0.3, -0.25) is 9.69 Å². The first-order valence-corrected chi connectivity index (χ1v) is 7.03. The number of ether oxygens (including phenoxy) is 1. The van der Waals surface area contributed by atoms with Crippen LogP contribution in [0, 0.1) is 6.92 Å². The van der Waals surface area contributed by atoms with Crippen LogP contribution in [0.5, 0.6) is 0 Å². The Bertz CT molecular complexity index is 473.